The standard InChI is InChI=1S/C13H17BrF2N2O/c14-8-6-10(15)13(11(16)7-8)12(18-17)4-3-9-2-1-5-19-9/h6-7,9,12,18H,1-5,17H2. The van der Waals surface area contributed by atoms with Crippen LogP contribution in [0.5, 0.6) is 0 Å². The van der Waals surface area contributed by atoms with Crippen LogP contribution < -0.4 is 11.3 Å². The van der Waals surface area contributed by atoms with Crippen molar-refractivity contribution in [2.75, 3.05) is 6.61 Å². The van der Waals surface area contributed by atoms with E-state index in [1.807, 2.05) is 0 Å². The van der Waals surface area contributed by atoms with Crippen molar-refractivity contribution in [2.24, 2.45) is 5.84 Å². The highest BCUT2D eigenvalue weighted by Crippen LogP contribution is 2.29. The summed E-state index contributed by atoms with van der Waals surface area (Å²) in [6.07, 6.45) is 3.51. The molecule has 0 bridgehead atoms. The van der Waals surface area contributed by atoms with Crippen LogP contribution in [0.25, 0.3) is 0 Å². The van der Waals surface area contributed by atoms with Gasteiger partial charge in [-0.3, -0.25) is 11.3 Å². The van der Waals surface area contributed by atoms with Crippen LogP contribution in [0.1, 0.15) is 37.3 Å². The fourth-order valence-corrected chi connectivity index (χ4v) is 2.82. The summed E-state index contributed by atoms with van der Waals surface area (Å²) in [6, 6.07) is 1.95. The zero-order valence-corrected chi connectivity index (χ0v) is 12.1. The summed E-state index contributed by atoms with van der Waals surface area (Å²) in [5, 5.41) is 0. The lowest BCUT2D eigenvalue weighted by Crippen LogP contribution is -2.30. The minimum absolute atomic E-state index is 0.0105. The lowest BCUT2D eigenvalue weighted by atomic mass is 9.99. The number of nitrogens with two attached hydrogens (primary N) is 1. The first-order valence-electron chi connectivity index (χ1n) is 6.34. The first-order valence-corrected chi connectivity index (χ1v) is 7.13. The van der Waals surface area contributed by atoms with Crippen LogP contribution in [0.15, 0.2) is 16.6 Å². The molecule has 2 rings (SSSR count). The maximum absolute atomic E-state index is 13.9. The van der Waals surface area contributed by atoms with Gasteiger partial charge < -0.3 is 4.74 Å². The number of hydrogen-bond donors (Lipinski definition) is 2. The quantitative estimate of drug-likeness (QED) is 0.642. The lowest BCUT2D eigenvalue weighted by Gasteiger charge is -2.19. The lowest BCUT2D eigenvalue weighted by molar-refractivity contribution is 0.0993. The third kappa shape index (κ3) is 3.72. The van der Waals surface area contributed by atoms with Crippen LogP contribution in [0.4, 0.5) is 8.78 Å². The number of ether oxygens (including phenoxy) is 1. The minimum Gasteiger partial charge on any atom is -0.378 e. The smallest absolute Gasteiger partial charge is 0.132 e. The van der Waals surface area contributed by atoms with Crippen LogP contribution in [0.2, 0.25) is 0 Å². The molecule has 3 N–H and O–H groups in total. The Morgan fingerprint density at radius 3 is 2.63 bits per heavy atom. The van der Waals surface area contributed by atoms with E-state index in [-0.39, 0.29) is 11.7 Å². The first kappa shape index (κ1) is 14.8. The second kappa shape index (κ2) is 6.74. The molecule has 0 saturated carbocycles. The molecule has 2 atom stereocenters. The monoisotopic (exact) mass is 334 g/mol. The average Bonchev–Trinajstić information content (AvgIpc) is 2.85. The van der Waals surface area contributed by atoms with E-state index in [0.29, 0.717) is 10.9 Å². The molecular weight excluding hydrogens is 318 g/mol. The third-order valence-corrected chi connectivity index (χ3v) is 3.85. The van der Waals surface area contributed by atoms with Gasteiger partial charge in [0.25, 0.3) is 0 Å². The van der Waals surface area contributed by atoms with E-state index in [1.165, 1.54) is 12.1 Å². The van der Waals surface area contributed by atoms with Gasteiger partial charge in [0.2, 0.25) is 0 Å². The predicted octanol–water partition coefficient (Wildman–Crippen LogP) is 3.19. The summed E-state index contributed by atoms with van der Waals surface area (Å²) in [4.78, 5) is 0. The van der Waals surface area contributed by atoms with Crippen molar-refractivity contribution in [2.45, 2.75) is 37.8 Å². The number of nitrogens with one attached hydrogen (secondary N) is 1. The number of rotatable bonds is 5. The molecule has 0 amide bonds. The van der Waals surface area contributed by atoms with Gasteiger partial charge in [-0.1, -0.05) is 15.9 Å². The topological polar surface area (TPSA) is 47.3 Å². The van der Waals surface area contributed by atoms with Crippen LogP contribution in [0, 0.1) is 11.6 Å². The maximum Gasteiger partial charge on any atom is 0.132 e. The molecule has 3 nitrogen and oxygen atoms in total. The molecule has 1 saturated heterocycles. The molecule has 1 aromatic rings. The van der Waals surface area contributed by atoms with Crippen molar-refractivity contribution in [3.05, 3.63) is 33.8 Å². The minimum atomic E-state index is -0.595. The summed E-state index contributed by atoms with van der Waals surface area (Å²) < 4.78 is 33.6. The Labute approximate surface area is 119 Å². The molecule has 1 aliphatic rings. The highest BCUT2D eigenvalue weighted by atomic mass is 79.9. The Bertz CT molecular complexity index is 416. The number of halogens is 3. The molecule has 1 aliphatic heterocycles. The van der Waals surface area contributed by atoms with Gasteiger partial charge in [-0.15, -0.1) is 0 Å². The van der Waals surface area contributed by atoms with Gasteiger partial charge in [0, 0.05) is 16.6 Å². The maximum atomic E-state index is 13.9. The Hall–Kier alpha value is -0.560. The molecule has 106 valence electrons. The van der Waals surface area contributed by atoms with E-state index < -0.39 is 17.7 Å². The molecular formula is C13H17BrF2N2O. The molecule has 0 radical (unpaired) electrons. The van der Waals surface area contributed by atoms with Crippen molar-refractivity contribution in [1.29, 1.82) is 0 Å². The Kier molecular flexibility index (Phi) is 5.27. The van der Waals surface area contributed by atoms with Gasteiger partial charge in [-0.05, 0) is 37.8 Å². The number of benzene rings is 1. The van der Waals surface area contributed by atoms with E-state index >= 15 is 0 Å². The van der Waals surface area contributed by atoms with Crippen molar-refractivity contribution in [3.63, 3.8) is 0 Å². The fourth-order valence-electron chi connectivity index (χ4n) is 2.42. The molecule has 2 unspecified atom stereocenters. The van der Waals surface area contributed by atoms with Gasteiger partial charge in [0.05, 0.1) is 12.1 Å². The Morgan fingerprint density at radius 2 is 2.11 bits per heavy atom. The number of hydrazine groups is 1. The zero-order valence-electron chi connectivity index (χ0n) is 10.5. The highest BCUT2D eigenvalue weighted by molar-refractivity contribution is 9.10. The molecule has 0 aromatic heterocycles. The summed E-state index contributed by atoms with van der Waals surface area (Å²) in [5.74, 6) is 4.24. The average molecular weight is 335 g/mol. The van der Waals surface area contributed by atoms with E-state index in [2.05, 4.69) is 21.4 Å². The molecule has 19 heavy (non-hydrogen) atoms. The first-order chi connectivity index (χ1) is 9.11. The van der Waals surface area contributed by atoms with Gasteiger partial charge in [0.15, 0.2) is 0 Å². The fraction of sp³-hybridized carbons (Fsp3) is 0.538. The van der Waals surface area contributed by atoms with Crippen molar-refractivity contribution in [3.8, 4) is 0 Å². The van der Waals surface area contributed by atoms with Gasteiger partial charge in [-0.25, -0.2) is 8.78 Å². The van der Waals surface area contributed by atoms with Crippen molar-refractivity contribution < 1.29 is 13.5 Å². The van der Waals surface area contributed by atoms with Crippen LogP contribution in [0.3, 0.4) is 0 Å². The highest BCUT2D eigenvalue weighted by Gasteiger charge is 2.23. The summed E-state index contributed by atoms with van der Waals surface area (Å²) in [5.41, 5.74) is 2.48. The van der Waals surface area contributed by atoms with Gasteiger partial charge >= 0.3 is 0 Å². The summed E-state index contributed by atoms with van der Waals surface area (Å²) >= 11 is 3.06. The predicted molar refractivity (Wildman–Crippen MR) is 72.3 cm³/mol. The molecule has 1 fully saturated rings. The third-order valence-electron chi connectivity index (χ3n) is 3.39. The molecule has 0 spiro atoms. The molecule has 6 heteroatoms. The van der Waals surface area contributed by atoms with Crippen LogP contribution >= 0.6 is 15.9 Å². The van der Waals surface area contributed by atoms with Gasteiger partial charge in [0.1, 0.15) is 11.6 Å². The zero-order chi connectivity index (χ0) is 13.8. The molecule has 1 heterocycles. The van der Waals surface area contributed by atoms with E-state index in [9.17, 15) is 8.78 Å². The second-order valence-electron chi connectivity index (χ2n) is 4.71. The normalized spacial score (nSPS) is 20.7. The summed E-state index contributed by atoms with van der Waals surface area (Å²) in [7, 11) is 0. The second-order valence-corrected chi connectivity index (χ2v) is 5.63. The molecule has 1 aromatic carbocycles. The van der Waals surface area contributed by atoms with E-state index in [0.717, 1.165) is 25.9 Å². The van der Waals surface area contributed by atoms with Crippen LogP contribution in [-0.2, 0) is 4.74 Å². The van der Waals surface area contributed by atoms with E-state index in [1.54, 1.807) is 0 Å². The Morgan fingerprint density at radius 1 is 1.42 bits per heavy atom. The van der Waals surface area contributed by atoms with Crippen molar-refractivity contribution in [1.82, 2.24) is 5.43 Å². The number of hydrogen-bond acceptors (Lipinski definition) is 3. The summed E-state index contributed by atoms with van der Waals surface area (Å²) in [6.45, 7) is 0.770. The SMILES string of the molecule is NNC(CCC1CCCO1)c1c(F)cc(Br)cc1F. The molecule has 0 aliphatic carbocycles. The van der Waals surface area contributed by atoms with Crippen molar-refractivity contribution >= 4 is 15.9 Å². The Balaban J connectivity index is 2.08. The van der Waals surface area contributed by atoms with Crippen LogP contribution in [-0.4, -0.2) is 12.7 Å². The van der Waals surface area contributed by atoms with E-state index in [4.69, 9.17) is 10.6 Å². The largest absolute Gasteiger partial charge is 0.378 e. The van der Waals surface area contributed by atoms with Gasteiger partial charge in [-0.2, -0.15) is 0 Å².